The van der Waals surface area contributed by atoms with E-state index in [2.05, 4.69) is 25.3 Å². The van der Waals surface area contributed by atoms with Gasteiger partial charge in [-0.1, -0.05) is 17.3 Å². The van der Waals surface area contributed by atoms with Crippen molar-refractivity contribution >= 4 is 5.91 Å². The van der Waals surface area contributed by atoms with E-state index in [1.54, 1.807) is 23.0 Å². The molecule has 0 radical (unpaired) electrons. The van der Waals surface area contributed by atoms with E-state index in [0.717, 1.165) is 24.9 Å². The summed E-state index contributed by atoms with van der Waals surface area (Å²) < 4.78 is 42.4. The lowest BCUT2D eigenvalue weighted by atomic mass is 10.0. The molecule has 0 bridgehead atoms. The van der Waals surface area contributed by atoms with Crippen LogP contribution in [0.25, 0.3) is 0 Å². The first-order valence-corrected chi connectivity index (χ1v) is 9.72. The number of amides is 1. The van der Waals surface area contributed by atoms with Gasteiger partial charge in [-0.25, -0.2) is 4.68 Å². The van der Waals surface area contributed by atoms with Gasteiger partial charge in [-0.05, 0) is 43.5 Å². The Bertz CT molecular complexity index is 826. The molecule has 1 saturated heterocycles. The Balaban J connectivity index is 1.55. The molecule has 1 atom stereocenters. The molecular formula is C19H24F3N5O3. The molecule has 1 amide bonds. The van der Waals surface area contributed by atoms with Gasteiger partial charge in [-0.15, -0.1) is 18.3 Å². The fraction of sp³-hybridized carbons (Fsp3) is 0.526. The van der Waals surface area contributed by atoms with Crippen LogP contribution in [-0.2, 0) is 6.54 Å². The zero-order valence-electron chi connectivity index (χ0n) is 16.3. The van der Waals surface area contributed by atoms with E-state index < -0.39 is 6.36 Å². The van der Waals surface area contributed by atoms with Gasteiger partial charge in [0, 0.05) is 26.2 Å². The van der Waals surface area contributed by atoms with E-state index in [4.69, 9.17) is 5.11 Å². The number of alkyl halides is 3. The number of aliphatic hydroxyl groups is 1. The van der Waals surface area contributed by atoms with Crippen molar-refractivity contribution in [1.29, 1.82) is 0 Å². The van der Waals surface area contributed by atoms with E-state index in [0.29, 0.717) is 26.1 Å². The Morgan fingerprint density at radius 3 is 2.77 bits per heavy atom. The van der Waals surface area contributed by atoms with Crippen LogP contribution in [0.3, 0.4) is 0 Å². The Labute approximate surface area is 171 Å². The molecule has 0 spiro atoms. The molecule has 1 aliphatic heterocycles. The van der Waals surface area contributed by atoms with Crippen molar-refractivity contribution in [3.05, 3.63) is 41.7 Å². The lowest BCUT2D eigenvalue weighted by molar-refractivity contribution is -0.274. The molecule has 0 aliphatic carbocycles. The van der Waals surface area contributed by atoms with Crippen LogP contribution in [0.5, 0.6) is 5.75 Å². The highest BCUT2D eigenvalue weighted by Gasteiger charge is 2.31. The van der Waals surface area contributed by atoms with Crippen LogP contribution >= 0.6 is 0 Å². The Hall–Kier alpha value is -2.66. The summed E-state index contributed by atoms with van der Waals surface area (Å²) in [5.74, 6) is -0.571. The van der Waals surface area contributed by atoms with Crippen LogP contribution in [0, 0.1) is 0 Å². The zero-order valence-corrected chi connectivity index (χ0v) is 16.3. The maximum atomic E-state index is 12.3. The van der Waals surface area contributed by atoms with Crippen LogP contribution in [0.15, 0.2) is 30.5 Å². The Kier molecular flexibility index (Phi) is 7.27. The number of nitrogens with zero attached hydrogens (tertiary/aromatic N) is 4. The van der Waals surface area contributed by atoms with E-state index in [1.807, 2.05) is 0 Å². The average molecular weight is 427 g/mol. The smallest absolute Gasteiger partial charge is 0.406 e. The minimum Gasteiger partial charge on any atom is -0.406 e. The van der Waals surface area contributed by atoms with Gasteiger partial charge >= 0.3 is 6.36 Å². The summed E-state index contributed by atoms with van der Waals surface area (Å²) in [5.41, 5.74) is 1.11. The minimum atomic E-state index is -4.70. The summed E-state index contributed by atoms with van der Waals surface area (Å²) >= 11 is 0. The number of nitrogens with one attached hydrogen (secondary N) is 1. The van der Waals surface area contributed by atoms with Gasteiger partial charge in [0.1, 0.15) is 5.75 Å². The van der Waals surface area contributed by atoms with E-state index in [1.165, 1.54) is 12.1 Å². The minimum absolute atomic E-state index is 0.00294. The number of halogens is 3. The van der Waals surface area contributed by atoms with Crippen LogP contribution in [0.1, 0.15) is 41.4 Å². The standard InChI is InChI=1S/C19H24F3N5O3/c20-19(21,22)30-16-6-4-14(5-7-16)11-26-9-1-3-15(12-26)27-13-17(24-25-27)18(29)23-8-2-10-28/h4-7,13,15,28H,1-3,8-12H2,(H,23,29)/t15-/m0/s1. The summed E-state index contributed by atoms with van der Waals surface area (Å²) in [6.07, 6.45) is -0.790. The van der Waals surface area contributed by atoms with Crippen molar-refractivity contribution in [2.45, 2.75) is 38.2 Å². The predicted molar refractivity (Wildman–Crippen MR) is 101 cm³/mol. The molecular weight excluding hydrogens is 403 g/mol. The molecule has 2 N–H and O–H groups in total. The van der Waals surface area contributed by atoms with Crippen LogP contribution in [-0.4, -0.2) is 63.5 Å². The van der Waals surface area contributed by atoms with Crippen LogP contribution in [0.2, 0.25) is 0 Å². The van der Waals surface area contributed by atoms with Gasteiger partial charge in [-0.3, -0.25) is 9.69 Å². The summed E-state index contributed by atoms with van der Waals surface area (Å²) in [7, 11) is 0. The van der Waals surface area contributed by atoms with Crippen molar-refractivity contribution in [3.63, 3.8) is 0 Å². The molecule has 11 heteroatoms. The number of carbonyl (C=O) groups is 1. The molecule has 0 saturated carbocycles. The van der Waals surface area contributed by atoms with Crippen molar-refractivity contribution in [2.24, 2.45) is 0 Å². The third kappa shape index (κ3) is 6.42. The zero-order chi connectivity index (χ0) is 21.6. The second-order valence-electron chi connectivity index (χ2n) is 7.14. The number of hydrogen-bond acceptors (Lipinski definition) is 6. The highest BCUT2D eigenvalue weighted by atomic mass is 19.4. The van der Waals surface area contributed by atoms with Crippen molar-refractivity contribution in [3.8, 4) is 5.75 Å². The van der Waals surface area contributed by atoms with E-state index in [-0.39, 0.29) is 30.0 Å². The SMILES string of the molecule is O=C(NCCCO)c1cn([C@H]2CCCN(Cc3ccc(OC(F)(F)F)cc3)C2)nn1. The number of benzene rings is 1. The average Bonchev–Trinajstić information content (AvgIpc) is 3.19. The quantitative estimate of drug-likeness (QED) is 0.627. The fourth-order valence-corrected chi connectivity index (χ4v) is 3.38. The lowest BCUT2D eigenvalue weighted by Crippen LogP contribution is -2.36. The number of aliphatic hydroxyl groups excluding tert-OH is 1. The maximum Gasteiger partial charge on any atom is 0.573 e. The molecule has 2 heterocycles. The summed E-state index contributed by atoms with van der Waals surface area (Å²) in [6.45, 7) is 2.51. The van der Waals surface area contributed by atoms with Gasteiger partial charge in [-0.2, -0.15) is 0 Å². The summed E-state index contributed by atoms with van der Waals surface area (Å²) in [5, 5.41) is 19.5. The van der Waals surface area contributed by atoms with E-state index in [9.17, 15) is 18.0 Å². The first kappa shape index (κ1) is 22.0. The molecule has 1 fully saturated rings. The van der Waals surface area contributed by atoms with Gasteiger partial charge < -0.3 is 15.2 Å². The number of hydrogen-bond donors (Lipinski definition) is 2. The monoisotopic (exact) mass is 427 g/mol. The van der Waals surface area contributed by atoms with Crippen molar-refractivity contribution in [1.82, 2.24) is 25.2 Å². The summed E-state index contributed by atoms with van der Waals surface area (Å²) in [4.78, 5) is 14.2. The van der Waals surface area contributed by atoms with Crippen molar-refractivity contribution in [2.75, 3.05) is 26.2 Å². The highest BCUT2D eigenvalue weighted by molar-refractivity contribution is 5.91. The predicted octanol–water partition coefficient (Wildman–Crippen LogP) is 2.13. The molecule has 8 nitrogen and oxygen atoms in total. The number of likely N-dealkylation sites (tertiary alicyclic amines) is 1. The molecule has 164 valence electrons. The lowest BCUT2D eigenvalue weighted by Gasteiger charge is -2.32. The maximum absolute atomic E-state index is 12.3. The normalized spacial score (nSPS) is 17.7. The number of piperidine rings is 1. The topological polar surface area (TPSA) is 92.5 Å². The van der Waals surface area contributed by atoms with Gasteiger partial charge in [0.25, 0.3) is 5.91 Å². The largest absolute Gasteiger partial charge is 0.573 e. The summed E-state index contributed by atoms with van der Waals surface area (Å²) in [6, 6.07) is 5.91. The van der Waals surface area contributed by atoms with Gasteiger partial charge in [0.15, 0.2) is 5.69 Å². The van der Waals surface area contributed by atoms with Crippen LogP contribution in [0.4, 0.5) is 13.2 Å². The Morgan fingerprint density at radius 2 is 2.07 bits per heavy atom. The molecule has 1 aromatic carbocycles. The molecule has 2 aromatic rings. The number of rotatable bonds is 8. The number of carbonyl (C=O) groups excluding carboxylic acids is 1. The second kappa shape index (κ2) is 9.90. The molecule has 0 unspecified atom stereocenters. The third-order valence-electron chi connectivity index (χ3n) is 4.78. The third-order valence-corrected chi connectivity index (χ3v) is 4.78. The number of aromatic nitrogens is 3. The fourth-order valence-electron chi connectivity index (χ4n) is 3.38. The Morgan fingerprint density at radius 1 is 1.30 bits per heavy atom. The first-order valence-electron chi connectivity index (χ1n) is 9.72. The number of ether oxygens (including phenoxy) is 1. The van der Waals surface area contributed by atoms with Crippen molar-refractivity contribution < 1.29 is 27.8 Å². The molecule has 3 rings (SSSR count). The molecule has 1 aliphatic rings. The van der Waals surface area contributed by atoms with E-state index >= 15 is 0 Å². The van der Waals surface area contributed by atoms with Gasteiger partial charge in [0.05, 0.1) is 12.2 Å². The van der Waals surface area contributed by atoms with Gasteiger partial charge in [0.2, 0.25) is 0 Å². The molecule has 1 aromatic heterocycles. The van der Waals surface area contributed by atoms with Crippen LogP contribution < -0.4 is 10.1 Å². The highest BCUT2D eigenvalue weighted by Crippen LogP contribution is 2.25. The second-order valence-corrected chi connectivity index (χ2v) is 7.14. The first-order chi connectivity index (χ1) is 14.3. The molecule has 30 heavy (non-hydrogen) atoms.